The zero-order chi connectivity index (χ0) is 23.3. The third-order valence-electron chi connectivity index (χ3n) is 4.73. The lowest BCUT2D eigenvalue weighted by molar-refractivity contribution is -0.121. The average Bonchev–Trinajstić information content (AvgIpc) is 3.21. The van der Waals surface area contributed by atoms with Crippen molar-refractivity contribution in [2.45, 2.75) is 26.3 Å². The smallest absolute Gasteiger partial charge is 0.405 e. The number of carbonyl (C=O) groups is 2. The zero-order valence-corrected chi connectivity index (χ0v) is 18.9. The lowest BCUT2D eigenvalue weighted by Crippen LogP contribution is -2.44. The third kappa shape index (κ3) is 5.77. The number of hydrogen-bond acceptors (Lipinski definition) is 6. The first-order chi connectivity index (χ1) is 15.3. The fourth-order valence-electron chi connectivity index (χ4n) is 3.17. The van der Waals surface area contributed by atoms with E-state index in [1.807, 2.05) is 0 Å². The van der Waals surface area contributed by atoms with Crippen LogP contribution in [0.3, 0.4) is 0 Å². The molecule has 1 aromatic carbocycles. The summed E-state index contributed by atoms with van der Waals surface area (Å²) < 4.78 is 5.43. The predicted molar refractivity (Wildman–Crippen MR) is 123 cm³/mol. The Morgan fingerprint density at radius 1 is 1.12 bits per heavy atom. The highest BCUT2D eigenvalue weighted by molar-refractivity contribution is 6.39. The number of pyridine rings is 1. The van der Waals surface area contributed by atoms with Crippen molar-refractivity contribution in [2.24, 2.45) is 5.92 Å². The molecule has 168 valence electrons. The van der Waals surface area contributed by atoms with Crippen molar-refractivity contribution in [1.82, 2.24) is 15.5 Å². The number of rotatable bonds is 9. The van der Waals surface area contributed by atoms with Crippen molar-refractivity contribution in [3.63, 3.8) is 0 Å². The molecular formula is C22H22Cl2N4O4. The molecule has 32 heavy (non-hydrogen) atoms. The molecule has 10 heteroatoms. The van der Waals surface area contributed by atoms with Gasteiger partial charge in [-0.25, -0.2) is 4.79 Å². The van der Waals surface area contributed by atoms with Crippen LogP contribution in [0, 0.1) is 5.92 Å². The van der Waals surface area contributed by atoms with E-state index in [0.717, 1.165) is 5.69 Å². The molecule has 0 spiro atoms. The lowest BCUT2D eigenvalue weighted by Gasteiger charge is -2.19. The van der Waals surface area contributed by atoms with Crippen LogP contribution >= 0.6 is 23.2 Å². The maximum Gasteiger partial charge on any atom is 0.405 e. The van der Waals surface area contributed by atoms with Crippen LogP contribution in [0.15, 0.2) is 47.1 Å². The van der Waals surface area contributed by atoms with Gasteiger partial charge in [0.2, 0.25) is 0 Å². The highest BCUT2D eigenvalue weighted by atomic mass is 35.5. The van der Waals surface area contributed by atoms with Crippen molar-refractivity contribution in [1.29, 1.82) is 0 Å². The van der Waals surface area contributed by atoms with Gasteiger partial charge in [-0.05, 0) is 30.2 Å². The van der Waals surface area contributed by atoms with E-state index in [4.69, 9.17) is 32.8 Å². The SMILES string of the molecule is CC(C)C(NC(=O)O)C(=O)CCNc1ccnc(-c2cc(-c3c(Cl)cccc3Cl)no2)c1. The van der Waals surface area contributed by atoms with E-state index in [-0.39, 0.29) is 18.1 Å². The number of aromatic nitrogens is 2. The molecule has 0 aliphatic heterocycles. The molecule has 0 saturated carbocycles. The number of nitrogens with zero attached hydrogens (tertiary/aromatic N) is 2. The van der Waals surface area contributed by atoms with Gasteiger partial charge in [-0.15, -0.1) is 0 Å². The minimum atomic E-state index is -1.21. The highest BCUT2D eigenvalue weighted by Crippen LogP contribution is 2.35. The Hall–Kier alpha value is -3.10. The van der Waals surface area contributed by atoms with E-state index in [9.17, 15) is 9.59 Å². The van der Waals surface area contributed by atoms with E-state index in [1.165, 1.54) is 0 Å². The zero-order valence-electron chi connectivity index (χ0n) is 17.4. The second kappa shape index (κ2) is 10.5. The summed E-state index contributed by atoms with van der Waals surface area (Å²) in [4.78, 5) is 27.6. The van der Waals surface area contributed by atoms with Crippen LogP contribution < -0.4 is 10.6 Å². The molecule has 0 aliphatic carbocycles. The molecule has 0 bridgehead atoms. The molecule has 2 aromatic heterocycles. The summed E-state index contributed by atoms with van der Waals surface area (Å²) >= 11 is 12.5. The van der Waals surface area contributed by atoms with Crippen molar-refractivity contribution < 1.29 is 19.2 Å². The Morgan fingerprint density at radius 2 is 1.84 bits per heavy atom. The van der Waals surface area contributed by atoms with Crippen LogP contribution in [0.2, 0.25) is 10.0 Å². The first-order valence-corrected chi connectivity index (χ1v) is 10.7. The minimum Gasteiger partial charge on any atom is -0.465 e. The molecule has 0 saturated heterocycles. The van der Waals surface area contributed by atoms with Crippen molar-refractivity contribution in [3.05, 3.63) is 52.6 Å². The first kappa shape index (κ1) is 23.6. The second-order valence-corrected chi connectivity index (χ2v) is 8.23. The van der Waals surface area contributed by atoms with Crippen LogP contribution in [-0.4, -0.2) is 39.7 Å². The number of nitrogens with one attached hydrogen (secondary N) is 2. The number of Topliss-reactive ketones (excluding diaryl/α,β-unsaturated/α-hetero) is 1. The minimum absolute atomic E-state index is 0.140. The van der Waals surface area contributed by atoms with Gasteiger partial charge >= 0.3 is 6.09 Å². The maximum absolute atomic E-state index is 12.4. The molecule has 0 aliphatic rings. The number of carbonyl (C=O) groups excluding carboxylic acids is 1. The van der Waals surface area contributed by atoms with E-state index < -0.39 is 12.1 Å². The molecule has 1 amide bonds. The molecule has 3 N–H and O–H groups in total. The van der Waals surface area contributed by atoms with Gasteiger partial charge in [0.25, 0.3) is 0 Å². The van der Waals surface area contributed by atoms with Crippen LogP contribution in [0.5, 0.6) is 0 Å². The Bertz CT molecular complexity index is 1100. The highest BCUT2D eigenvalue weighted by Gasteiger charge is 2.23. The summed E-state index contributed by atoms with van der Waals surface area (Å²) in [5, 5.41) is 19.3. The van der Waals surface area contributed by atoms with Gasteiger partial charge in [0.05, 0.1) is 16.1 Å². The summed E-state index contributed by atoms with van der Waals surface area (Å²) in [6.07, 6.45) is 0.555. The molecule has 3 aromatic rings. The van der Waals surface area contributed by atoms with E-state index in [0.29, 0.717) is 39.3 Å². The Morgan fingerprint density at radius 3 is 2.50 bits per heavy atom. The molecule has 1 atom stereocenters. The van der Waals surface area contributed by atoms with Crippen molar-refractivity contribution >= 4 is 40.8 Å². The van der Waals surface area contributed by atoms with Gasteiger partial charge in [-0.3, -0.25) is 9.78 Å². The number of carboxylic acid groups (broad SMARTS) is 1. The average molecular weight is 477 g/mol. The largest absolute Gasteiger partial charge is 0.465 e. The topological polar surface area (TPSA) is 117 Å². The Kier molecular flexibility index (Phi) is 7.71. The van der Waals surface area contributed by atoms with E-state index in [1.54, 1.807) is 56.4 Å². The van der Waals surface area contributed by atoms with Gasteiger partial charge in [-0.2, -0.15) is 0 Å². The normalized spacial score (nSPS) is 11.9. The molecule has 2 heterocycles. The van der Waals surface area contributed by atoms with Gasteiger partial charge in [-0.1, -0.05) is 48.3 Å². The molecular weight excluding hydrogens is 455 g/mol. The van der Waals surface area contributed by atoms with Gasteiger partial charge in [0.1, 0.15) is 11.4 Å². The van der Waals surface area contributed by atoms with Crippen LogP contribution in [0.25, 0.3) is 22.7 Å². The van der Waals surface area contributed by atoms with E-state index >= 15 is 0 Å². The number of halogens is 2. The summed E-state index contributed by atoms with van der Waals surface area (Å²) in [5.74, 6) is 0.111. The Labute approximate surface area is 194 Å². The number of benzene rings is 1. The standard InChI is InChI=1S/C22H22Cl2N4O4/c1-12(2)21(27-22(30)31)18(29)7-9-25-13-6-8-26-16(10-13)19-11-17(28-32-19)20-14(23)4-3-5-15(20)24/h3-6,8,10-12,21,27H,7,9H2,1-2H3,(H,25,26)(H,30,31). The fraction of sp³-hybridized carbons (Fsp3) is 0.273. The summed E-state index contributed by atoms with van der Waals surface area (Å²) in [5.41, 5.74) is 2.33. The summed E-state index contributed by atoms with van der Waals surface area (Å²) in [6, 6.07) is 9.66. The maximum atomic E-state index is 12.4. The van der Waals surface area contributed by atoms with Gasteiger partial charge in [0.15, 0.2) is 11.5 Å². The first-order valence-electron chi connectivity index (χ1n) is 9.90. The third-order valence-corrected chi connectivity index (χ3v) is 5.36. The Balaban J connectivity index is 1.67. The number of hydrogen-bond donors (Lipinski definition) is 3. The second-order valence-electron chi connectivity index (χ2n) is 7.42. The number of amides is 1. The lowest BCUT2D eigenvalue weighted by atomic mass is 9.98. The predicted octanol–water partition coefficient (Wildman–Crippen LogP) is 5.37. The van der Waals surface area contributed by atoms with Crippen LogP contribution in [0.1, 0.15) is 20.3 Å². The number of ketones is 1. The quantitative estimate of drug-likeness (QED) is 0.379. The van der Waals surface area contributed by atoms with Crippen LogP contribution in [0.4, 0.5) is 10.5 Å². The van der Waals surface area contributed by atoms with Gasteiger partial charge in [0, 0.05) is 36.5 Å². The fourth-order valence-corrected chi connectivity index (χ4v) is 3.76. The monoisotopic (exact) mass is 476 g/mol. The molecule has 3 rings (SSSR count). The molecule has 8 nitrogen and oxygen atoms in total. The molecule has 0 fully saturated rings. The molecule has 0 radical (unpaired) electrons. The van der Waals surface area contributed by atoms with Gasteiger partial charge < -0.3 is 20.3 Å². The van der Waals surface area contributed by atoms with Crippen molar-refractivity contribution in [3.8, 4) is 22.7 Å². The summed E-state index contributed by atoms with van der Waals surface area (Å²) in [7, 11) is 0. The van der Waals surface area contributed by atoms with Crippen molar-refractivity contribution in [2.75, 3.05) is 11.9 Å². The van der Waals surface area contributed by atoms with Crippen LogP contribution in [-0.2, 0) is 4.79 Å². The number of anilines is 1. The summed E-state index contributed by atoms with van der Waals surface area (Å²) in [6.45, 7) is 3.93. The van der Waals surface area contributed by atoms with E-state index in [2.05, 4.69) is 20.8 Å². The molecule has 1 unspecified atom stereocenters.